The van der Waals surface area contributed by atoms with Crippen molar-refractivity contribution in [1.82, 2.24) is 14.9 Å². The molecule has 2 aromatic heterocycles. The second-order valence-electron chi connectivity index (χ2n) is 6.68. The zero-order valence-electron chi connectivity index (χ0n) is 16.4. The zero-order valence-corrected chi connectivity index (χ0v) is 16.4. The first-order valence-electron chi connectivity index (χ1n) is 9.25. The topological polar surface area (TPSA) is 87.2 Å². The minimum Gasteiger partial charge on any atom is -0.354 e. The molecule has 0 saturated heterocycles. The van der Waals surface area contributed by atoms with Crippen LogP contribution in [0.3, 0.4) is 0 Å². The molecule has 0 aliphatic rings. The van der Waals surface area contributed by atoms with E-state index in [1.807, 2.05) is 24.3 Å². The third-order valence-corrected chi connectivity index (χ3v) is 4.31. The summed E-state index contributed by atoms with van der Waals surface area (Å²) in [6, 6.07) is 13.0. The molecule has 2 N–H and O–H groups in total. The first-order chi connectivity index (χ1) is 14.0. The Morgan fingerprint density at radius 2 is 1.62 bits per heavy atom. The number of carbonyl (C=O) groups excluding carboxylic acids is 2. The first-order valence-corrected chi connectivity index (χ1v) is 9.25. The van der Waals surface area contributed by atoms with Gasteiger partial charge in [0, 0.05) is 50.5 Å². The van der Waals surface area contributed by atoms with Crippen molar-refractivity contribution >= 4 is 28.9 Å². The third-order valence-electron chi connectivity index (χ3n) is 4.31. The average molecular weight is 389 g/mol. The van der Waals surface area contributed by atoms with Gasteiger partial charge in [-0.1, -0.05) is 0 Å². The van der Waals surface area contributed by atoms with Crippen LogP contribution in [-0.4, -0.2) is 40.3 Å². The molecule has 0 saturated carbocycles. The van der Waals surface area contributed by atoms with E-state index in [1.54, 1.807) is 54.9 Å². The highest BCUT2D eigenvalue weighted by Gasteiger charge is 2.13. The molecule has 0 radical (unpaired) electrons. The molecule has 29 heavy (non-hydrogen) atoms. The van der Waals surface area contributed by atoms with E-state index in [0.717, 1.165) is 23.4 Å². The fourth-order valence-electron chi connectivity index (χ4n) is 2.80. The van der Waals surface area contributed by atoms with Crippen LogP contribution in [0, 0.1) is 0 Å². The van der Waals surface area contributed by atoms with E-state index in [9.17, 15) is 9.59 Å². The zero-order chi connectivity index (χ0) is 20.6. The van der Waals surface area contributed by atoms with Gasteiger partial charge in [-0.3, -0.25) is 19.6 Å². The van der Waals surface area contributed by atoms with E-state index in [0.29, 0.717) is 17.8 Å². The molecular weight excluding hydrogens is 366 g/mol. The Morgan fingerprint density at radius 1 is 0.931 bits per heavy atom. The normalized spacial score (nSPS) is 10.3. The summed E-state index contributed by atoms with van der Waals surface area (Å²) in [7, 11) is 1.78. The van der Waals surface area contributed by atoms with Gasteiger partial charge in [0.15, 0.2) is 0 Å². The van der Waals surface area contributed by atoms with Crippen molar-refractivity contribution in [2.24, 2.45) is 0 Å². The number of rotatable bonds is 7. The van der Waals surface area contributed by atoms with Crippen molar-refractivity contribution in [3.05, 3.63) is 78.4 Å². The van der Waals surface area contributed by atoms with E-state index in [-0.39, 0.29) is 11.8 Å². The molecule has 2 amide bonds. The molecule has 0 bridgehead atoms. The third kappa shape index (κ3) is 5.87. The molecule has 0 spiro atoms. The molecule has 3 aromatic rings. The average Bonchev–Trinajstić information content (AvgIpc) is 2.73. The van der Waals surface area contributed by atoms with Gasteiger partial charge in [0.25, 0.3) is 5.91 Å². The number of nitrogens with one attached hydrogen (secondary N) is 2. The maximum absolute atomic E-state index is 12.7. The quantitative estimate of drug-likeness (QED) is 0.646. The van der Waals surface area contributed by atoms with Gasteiger partial charge in [0.05, 0.1) is 17.4 Å². The predicted octanol–water partition coefficient (Wildman–Crippen LogP) is 3.49. The van der Waals surface area contributed by atoms with Gasteiger partial charge in [0.1, 0.15) is 0 Å². The lowest BCUT2D eigenvalue weighted by atomic mass is 10.2. The fourth-order valence-corrected chi connectivity index (χ4v) is 2.80. The SMILES string of the molecule is CC(=O)Nc1ccc(Nc2cncc(C(=O)N(C)CCc3ccncc3)c2)cc1. The van der Waals surface area contributed by atoms with Crippen molar-refractivity contribution in [3.63, 3.8) is 0 Å². The maximum Gasteiger partial charge on any atom is 0.255 e. The number of benzene rings is 1. The van der Waals surface area contributed by atoms with Crippen molar-refractivity contribution in [1.29, 1.82) is 0 Å². The largest absolute Gasteiger partial charge is 0.354 e. The molecule has 0 aliphatic heterocycles. The number of anilines is 3. The van der Waals surface area contributed by atoms with Crippen LogP contribution in [0.1, 0.15) is 22.8 Å². The number of nitrogens with zero attached hydrogens (tertiary/aromatic N) is 3. The van der Waals surface area contributed by atoms with Crippen LogP contribution in [0.25, 0.3) is 0 Å². The number of likely N-dealkylation sites (N-methyl/N-ethyl adjacent to an activating group) is 1. The van der Waals surface area contributed by atoms with Gasteiger partial charge in [-0.25, -0.2) is 0 Å². The molecule has 0 unspecified atom stereocenters. The second kappa shape index (κ2) is 9.45. The summed E-state index contributed by atoms with van der Waals surface area (Å²) in [5.74, 6) is -0.203. The van der Waals surface area contributed by atoms with Crippen LogP contribution in [0.4, 0.5) is 17.1 Å². The molecule has 0 atom stereocenters. The van der Waals surface area contributed by atoms with Crippen molar-refractivity contribution in [3.8, 4) is 0 Å². The Kier molecular flexibility index (Phi) is 6.52. The summed E-state index contributed by atoms with van der Waals surface area (Å²) in [5.41, 5.74) is 3.92. The molecule has 7 nitrogen and oxygen atoms in total. The van der Waals surface area contributed by atoms with Gasteiger partial charge in [-0.2, -0.15) is 0 Å². The number of hydrogen-bond donors (Lipinski definition) is 2. The Morgan fingerprint density at radius 3 is 2.31 bits per heavy atom. The van der Waals surface area contributed by atoms with Gasteiger partial charge in [0.2, 0.25) is 5.91 Å². The molecule has 2 heterocycles. The molecule has 1 aromatic carbocycles. The number of hydrogen-bond acceptors (Lipinski definition) is 5. The van der Waals surface area contributed by atoms with Crippen molar-refractivity contribution < 1.29 is 9.59 Å². The van der Waals surface area contributed by atoms with Crippen molar-refractivity contribution in [2.75, 3.05) is 24.2 Å². The lowest BCUT2D eigenvalue weighted by Crippen LogP contribution is -2.29. The summed E-state index contributed by atoms with van der Waals surface area (Å²) in [5, 5.41) is 5.95. The number of amides is 2. The number of carbonyl (C=O) groups is 2. The Bertz CT molecular complexity index is 974. The number of pyridine rings is 2. The predicted molar refractivity (Wildman–Crippen MR) is 113 cm³/mol. The van der Waals surface area contributed by atoms with Crippen LogP contribution in [0.2, 0.25) is 0 Å². The van der Waals surface area contributed by atoms with Crippen LogP contribution in [0.5, 0.6) is 0 Å². The monoisotopic (exact) mass is 389 g/mol. The minimum atomic E-state index is -0.117. The van der Waals surface area contributed by atoms with Gasteiger partial charge >= 0.3 is 0 Å². The molecule has 7 heteroatoms. The van der Waals surface area contributed by atoms with E-state index >= 15 is 0 Å². The lowest BCUT2D eigenvalue weighted by molar-refractivity contribution is -0.114. The molecule has 0 aliphatic carbocycles. The van der Waals surface area contributed by atoms with Gasteiger partial charge in [-0.05, 0) is 54.4 Å². The highest BCUT2D eigenvalue weighted by Crippen LogP contribution is 2.19. The highest BCUT2D eigenvalue weighted by molar-refractivity contribution is 5.94. The Hall–Kier alpha value is -3.74. The smallest absolute Gasteiger partial charge is 0.255 e. The van der Waals surface area contributed by atoms with Crippen LogP contribution in [0.15, 0.2) is 67.3 Å². The van der Waals surface area contributed by atoms with Gasteiger partial charge < -0.3 is 15.5 Å². The van der Waals surface area contributed by atoms with Crippen LogP contribution >= 0.6 is 0 Å². The highest BCUT2D eigenvalue weighted by atomic mass is 16.2. The molecular formula is C22H23N5O2. The summed E-state index contributed by atoms with van der Waals surface area (Å²) >= 11 is 0. The fraction of sp³-hybridized carbons (Fsp3) is 0.182. The Labute approximate surface area is 169 Å². The molecule has 0 fully saturated rings. The first kappa shape index (κ1) is 20.0. The molecule has 148 valence electrons. The Balaban J connectivity index is 1.62. The van der Waals surface area contributed by atoms with E-state index in [4.69, 9.17) is 0 Å². The van der Waals surface area contributed by atoms with Crippen LogP contribution in [-0.2, 0) is 11.2 Å². The van der Waals surface area contributed by atoms with E-state index in [1.165, 1.54) is 6.92 Å². The van der Waals surface area contributed by atoms with E-state index in [2.05, 4.69) is 20.6 Å². The summed E-state index contributed by atoms with van der Waals surface area (Å²) < 4.78 is 0. The van der Waals surface area contributed by atoms with Crippen molar-refractivity contribution in [2.45, 2.75) is 13.3 Å². The standard InChI is InChI=1S/C22H23N5O2/c1-16(28)25-19-3-5-20(6-4-19)26-21-13-18(14-24-15-21)22(29)27(2)12-9-17-7-10-23-11-8-17/h3-8,10-11,13-15,26H,9,12H2,1-2H3,(H,25,28). The second-order valence-corrected chi connectivity index (χ2v) is 6.68. The summed E-state index contributed by atoms with van der Waals surface area (Å²) in [4.78, 5) is 33.7. The number of aromatic nitrogens is 2. The van der Waals surface area contributed by atoms with Gasteiger partial charge in [-0.15, -0.1) is 0 Å². The van der Waals surface area contributed by atoms with Crippen LogP contribution < -0.4 is 10.6 Å². The lowest BCUT2D eigenvalue weighted by Gasteiger charge is -2.17. The summed E-state index contributed by atoms with van der Waals surface area (Å²) in [6.45, 7) is 2.07. The maximum atomic E-state index is 12.7. The minimum absolute atomic E-state index is 0.0868. The molecule has 3 rings (SSSR count). The summed E-state index contributed by atoms with van der Waals surface area (Å²) in [6.07, 6.45) is 7.49. The van der Waals surface area contributed by atoms with E-state index < -0.39 is 0 Å².